The van der Waals surface area contributed by atoms with Crippen molar-refractivity contribution in [3.8, 4) is 0 Å². The molecule has 26 heavy (non-hydrogen) atoms. The summed E-state index contributed by atoms with van der Waals surface area (Å²) in [6.45, 7) is 3.87. The summed E-state index contributed by atoms with van der Waals surface area (Å²) in [6, 6.07) is 19.5. The molecular weight excluding hydrogens is 344 g/mol. The van der Waals surface area contributed by atoms with Gasteiger partial charge in [0.2, 0.25) is 0 Å². The number of nitrogens with one attached hydrogen (secondary N) is 2. The van der Waals surface area contributed by atoms with Crippen molar-refractivity contribution in [2.24, 2.45) is 0 Å². The number of hydrogen-bond acceptors (Lipinski definition) is 3. The second kappa shape index (κ2) is 7.97. The molecule has 0 fully saturated rings. The molecule has 0 saturated heterocycles. The predicted molar refractivity (Wildman–Crippen MR) is 106 cm³/mol. The number of carbonyl (C=O) groups is 2. The Kier molecular flexibility index (Phi) is 5.49. The summed E-state index contributed by atoms with van der Waals surface area (Å²) >= 11 is 1.57. The summed E-state index contributed by atoms with van der Waals surface area (Å²) in [5.74, 6) is -0.524. The van der Waals surface area contributed by atoms with Crippen molar-refractivity contribution >= 4 is 28.8 Å². The van der Waals surface area contributed by atoms with E-state index in [1.165, 1.54) is 0 Å². The summed E-state index contributed by atoms with van der Waals surface area (Å²) in [5.41, 5.74) is 2.04. The van der Waals surface area contributed by atoms with Gasteiger partial charge in [0, 0.05) is 15.4 Å². The highest BCUT2D eigenvalue weighted by Gasteiger charge is 2.24. The molecule has 1 atom stereocenters. The van der Waals surface area contributed by atoms with E-state index in [9.17, 15) is 9.59 Å². The van der Waals surface area contributed by atoms with Crippen molar-refractivity contribution in [3.05, 3.63) is 87.6 Å². The minimum atomic E-state index is -0.775. The molecule has 0 saturated carbocycles. The van der Waals surface area contributed by atoms with Gasteiger partial charge in [0.25, 0.3) is 11.8 Å². The summed E-state index contributed by atoms with van der Waals surface area (Å²) < 4.78 is 0. The fourth-order valence-electron chi connectivity index (χ4n) is 2.75. The van der Waals surface area contributed by atoms with Crippen LogP contribution in [0.4, 0.5) is 5.69 Å². The third kappa shape index (κ3) is 4.18. The molecule has 2 amide bonds. The molecule has 2 N–H and O–H groups in total. The maximum Gasteiger partial charge on any atom is 0.253 e. The second-order valence-corrected chi connectivity index (χ2v) is 7.46. The lowest BCUT2D eigenvalue weighted by molar-refractivity contribution is -0.118. The molecule has 2 aromatic carbocycles. The lowest BCUT2D eigenvalue weighted by Gasteiger charge is -2.19. The number of aryl methyl sites for hydroxylation is 2. The molecule has 0 aliphatic heterocycles. The van der Waals surface area contributed by atoms with E-state index in [2.05, 4.69) is 10.6 Å². The van der Waals surface area contributed by atoms with Crippen molar-refractivity contribution in [1.29, 1.82) is 0 Å². The minimum Gasteiger partial charge on any atom is -0.336 e. The lowest BCUT2D eigenvalue weighted by Crippen LogP contribution is -2.37. The van der Waals surface area contributed by atoms with E-state index in [1.807, 2.05) is 80.6 Å². The molecule has 0 bridgehead atoms. The van der Waals surface area contributed by atoms with Crippen LogP contribution in [0.1, 0.15) is 31.7 Å². The first kappa shape index (κ1) is 17.9. The molecule has 0 spiro atoms. The number of para-hydroxylation sites is 1. The van der Waals surface area contributed by atoms with Crippen LogP contribution in [-0.4, -0.2) is 11.8 Å². The first-order valence-corrected chi connectivity index (χ1v) is 9.15. The van der Waals surface area contributed by atoms with E-state index in [-0.39, 0.29) is 11.8 Å². The molecule has 0 radical (unpaired) electrons. The first-order valence-electron chi connectivity index (χ1n) is 8.33. The van der Waals surface area contributed by atoms with E-state index < -0.39 is 6.04 Å². The molecule has 1 unspecified atom stereocenters. The highest BCUT2D eigenvalue weighted by Crippen LogP contribution is 2.22. The molecule has 0 aliphatic rings. The number of amides is 2. The third-order valence-corrected chi connectivity index (χ3v) is 4.96. The highest BCUT2D eigenvalue weighted by atomic mass is 32.1. The quantitative estimate of drug-likeness (QED) is 0.701. The largest absolute Gasteiger partial charge is 0.336 e. The van der Waals surface area contributed by atoms with Crippen molar-refractivity contribution in [3.63, 3.8) is 0 Å². The monoisotopic (exact) mass is 364 g/mol. The summed E-state index contributed by atoms with van der Waals surface area (Å²) in [7, 11) is 0. The molecule has 1 heterocycles. The van der Waals surface area contributed by atoms with Gasteiger partial charge in [-0.25, -0.2) is 0 Å². The Labute approximate surface area is 156 Å². The van der Waals surface area contributed by atoms with Crippen LogP contribution in [0.2, 0.25) is 0 Å². The maximum atomic E-state index is 12.8. The molecule has 3 rings (SSSR count). The standard InChI is InChI=1S/C21H20N2O2S/c1-14-13-18(15(2)26-14)20(24)23-19(16-9-5-3-6-10-16)21(25)22-17-11-7-4-8-12-17/h3-13,19H,1-2H3,(H,22,25)(H,23,24). The van der Waals surface area contributed by atoms with E-state index in [1.54, 1.807) is 11.3 Å². The van der Waals surface area contributed by atoms with Crippen LogP contribution in [-0.2, 0) is 4.79 Å². The smallest absolute Gasteiger partial charge is 0.253 e. The van der Waals surface area contributed by atoms with Gasteiger partial charge in [0.15, 0.2) is 0 Å². The van der Waals surface area contributed by atoms with Gasteiger partial charge in [0.05, 0.1) is 5.56 Å². The Morgan fingerprint density at radius 3 is 2.12 bits per heavy atom. The average Bonchev–Trinajstić information content (AvgIpc) is 2.99. The maximum absolute atomic E-state index is 12.8. The van der Waals surface area contributed by atoms with Crippen LogP contribution < -0.4 is 10.6 Å². The summed E-state index contributed by atoms with van der Waals surface area (Å²) in [5, 5.41) is 5.75. The van der Waals surface area contributed by atoms with E-state index in [4.69, 9.17) is 0 Å². The Morgan fingerprint density at radius 2 is 1.54 bits per heavy atom. The Balaban J connectivity index is 1.85. The summed E-state index contributed by atoms with van der Waals surface area (Å²) in [4.78, 5) is 27.6. The predicted octanol–water partition coefficient (Wildman–Crippen LogP) is 4.47. The highest BCUT2D eigenvalue weighted by molar-refractivity contribution is 7.12. The number of hydrogen-bond donors (Lipinski definition) is 2. The zero-order valence-electron chi connectivity index (χ0n) is 14.7. The van der Waals surface area contributed by atoms with Crippen molar-refractivity contribution in [1.82, 2.24) is 5.32 Å². The molecule has 5 heteroatoms. The van der Waals surface area contributed by atoms with Gasteiger partial charge in [-0.3, -0.25) is 9.59 Å². The molecule has 1 aromatic heterocycles. The molecule has 132 valence electrons. The Hall–Kier alpha value is -2.92. The molecular formula is C21H20N2O2S. The van der Waals surface area contributed by atoms with Crippen LogP contribution in [0.5, 0.6) is 0 Å². The third-order valence-electron chi connectivity index (χ3n) is 4.00. The van der Waals surface area contributed by atoms with Gasteiger partial charge in [-0.15, -0.1) is 11.3 Å². The SMILES string of the molecule is Cc1cc(C(=O)NC(C(=O)Nc2ccccc2)c2ccccc2)c(C)s1. The van der Waals surface area contributed by atoms with E-state index in [0.29, 0.717) is 11.3 Å². The fourth-order valence-corrected chi connectivity index (χ4v) is 3.67. The molecule has 3 aromatic rings. The van der Waals surface area contributed by atoms with Crippen molar-refractivity contribution < 1.29 is 9.59 Å². The zero-order chi connectivity index (χ0) is 18.5. The first-order chi connectivity index (χ1) is 12.5. The minimum absolute atomic E-state index is 0.246. The molecule has 4 nitrogen and oxygen atoms in total. The lowest BCUT2D eigenvalue weighted by atomic mass is 10.1. The number of anilines is 1. The number of rotatable bonds is 5. The Morgan fingerprint density at radius 1 is 0.923 bits per heavy atom. The van der Waals surface area contributed by atoms with E-state index in [0.717, 1.165) is 15.3 Å². The van der Waals surface area contributed by atoms with Crippen LogP contribution in [0.15, 0.2) is 66.7 Å². The van der Waals surface area contributed by atoms with Crippen LogP contribution in [0.25, 0.3) is 0 Å². The number of carbonyl (C=O) groups excluding carboxylic acids is 2. The zero-order valence-corrected chi connectivity index (χ0v) is 15.5. The fraction of sp³-hybridized carbons (Fsp3) is 0.143. The van der Waals surface area contributed by atoms with Crippen LogP contribution >= 0.6 is 11.3 Å². The van der Waals surface area contributed by atoms with Gasteiger partial charge < -0.3 is 10.6 Å². The average molecular weight is 364 g/mol. The second-order valence-electron chi connectivity index (χ2n) is 6.00. The van der Waals surface area contributed by atoms with Crippen molar-refractivity contribution in [2.45, 2.75) is 19.9 Å². The van der Waals surface area contributed by atoms with Gasteiger partial charge in [0.1, 0.15) is 6.04 Å². The number of thiophene rings is 1. The van der Waals surface area contributed by atoms with Gasteiger partial charge >= 0.3 is 0 Å². The van der Waals surface area contributed by atoms with Gasteiger partial charge in [-0.1, -0.05) is 48.5 Å². The topological polar surface area (TPSA) is 58.2 Å². The van der Waals surface area contributed by atoms with Gasteiger partial charge in [-0.05, 0) is 37.6 Å². The Bertz CT molecular complexity index is 904. The van der Waals surface area contributed by atoms with Crippen LogP contribution in [0.3, 0.4) is 0 Å². The van der Waals surface area contributed by atoms with E-state index >= 15 is 0 Å². The molecule has 0 aliphatic carbocycles. The van der Waals surface area contributed by atoms with Crippen LogP contribution in [0, 0.1) is 13.8 Å². The van der Waals surface area contributed by atoms with Crippen molar-refractivity contribution in [2.75, 3.05) is 5.32 Å². The number of benzene rings is 2. The van der Waals surface area contributed by atoms with Gasteiger partial charge in [-0.2, -0.15) is 0 Å². The normalized spacial score (nSPS) is 11.6. The summed E-state index contributed by atoms with van der Waals surface area (Å²) in [6.07, 6.45) is 0.